The molecule has 0 atom stereocenters. The number of hydrogen-bond acceptors (Lipinski definition) is 3. The van der Waals surface area contributed by atoms with Crippen molar-refractivity contribution in [2.45, 2.75) is 69.8 Å². The molecule has 1 aromatic heterocycles. The highest BCUT2D eigenvalue weighted by Gasteiger charge is 2.19. The predicted octanol–water partition coefficient (Wildman–Crippen LogP) is 5.02. The standard InChI is InChI=1S/C19H27N3S/c1-3-22-18(13-16-10-5-4-6-11-16)20-21-19(22)23-14-17-12-8-7-9-15(17)2/h7-9,12,16H,3-6,10-11,13-14H2,1-2H3. The van der Waals surface area contributed by atoms with Crippen LogP contribution < -0.4 is 0 Å². The van der Waals surface area contributed by atoms with Gasteiger partial charge in [0.15, 0.2) is 5.16 Å². The average molecular weight is 330 g/mol. The van der Waals surface area contributed by atoms with Crippen molar-refractivity contribution >= 4 is 11.8 Å². The summed E-state index contributed by atoms with van der Waals surface area (Å²) in [6, 6.07) is 8.59. The first-order valence-corrected chi connectivity index (χ1v) is 9.86. The largest absolute Gasteiger partial charge is 0.306 e. The highest BCUT2D eigenvalue weighted by molar-refractivity contribution is 7.98. The first-order valence-electron chi connectivity index (χ1n) is 8.87. The molecule has 0 spiro atoms. The van der Waals surface area contributed by atoms with Gasteiger partial charge in [-0.3, -0.25) is 0 Å². The quantitative estimate of drug-likeness (QED) is 0.697. The Morgan fingerprint density at radius 1 is 1.13 bits per heavy atom. The third-order valence-corrected chi connectivity index (χ3v) is 5.94. The van der Waals surface area contributed by atoms with Gasteiger partial charge in [-0.25, -0.2) is 0 Å². The van der Waals surface area contributed by atoms with Gasteiger partial charge < -0.3 is 4.57 Å². The Balaban J connectivity index is 1.66. The van der Waals surface area contributed by atoms with E-state index in [1.807, 2.05) is 11.8 Å². The first-order chi connectivity index (χ1) is 11.3. The summed E-state index contributed by atoms with van der Waals surface area (Å²) in [6.07, 6.45) is 8.02. The van der Waals surface area contributed by atoms with Crippen LogP contribution in [-0.4, -0.2) is 14.8 Å². The molecule has 2 aromatic rings. The van der Waals surface area contributed by atoms with Crippen molar-refractivity contribution < 1.29 is 0 Å². The van der Waals surface area contributed by atoms with Crippen molar-refractivity contribution in [2.75, 3.05) is 0 Å². The SMILES string of the molecule is CCn1c(CC2CCCCC2)nnc1SCc1ccccc1C. The number of benzene rings is 1. The molecular formula is C19H27N3S. The fourth-order valence-corrected chi connectivity index (χ4v) is 4.56. The number of aromatic nitrogens is 3. The number of thioether (sulfide) groups is 1. The Morgan fingerprint density at radius 2 is 1.91 bits per heavy atom. The molecule has 3 rings (SSSR count). The van der Waals surface area contributed by atoms with Crippen LogP contribution in [0.15, 0.2) is 29.4 Å². The lowest BCUT2D eigenvalue weighted by molar-refractivity contribution is 0.347. The van der Waals surface area contributed by atoms with E-state index in [1.165, 1.54) is 49.1 Å². The van der Waals surface area contributed by atoms with Gasteiger partial charge in [-0.1, -0.05) is 68.1 Å². The second-order valence-corrected chi connectivity index (χ2v) is 7.51. The Kier molecular flexibility index (Phi) is 5.76. The predicted molar refractivity (Wildman–Crippen MR) is 96.7 cm³/mol. The minimum Gasteiger partial charge on any atom is -0.306 e. The van der Waals surface area contributed by atoms with Crippen molar-refractivity contribution in [3.63, 3.8) is 0 Å². The van der Waals surface area contributed by atoms with Crippen LogP contribution in [0, 0.1) is 12.8 Å². The molecular weight excluding hydrogens is 302 g/mol. The zero-order valence-electron chi connectivity index (χ0n) is 14.3. The summed E-state index contributed by atoms with van der Waals surface area (Å²) < 4.78 is 2.32. The Bertz CT molecular complexity index is 629. The van der Waals surface area contributed by atoms with Gasteiger partial charge in [0.1, 0.15) is 5.82 Å². The second-order valence-electron chi connectivity index (χ2n) is 6.57. The Labute approximate surface area is 143 Å². The molecule has 0 unspecified atom stereocenters. The van der Waals surface area contributed by atoms with E-state index >= 15 is 0 Å². The lowest BCUT2D eigenvalue weighted by Gasteiger charge is -2.21. The monoisotopic (exact) mass is 329 g/mol. The van der Waals surface area contributed by atoms with E-state index in [0.717, 1.165) is 29.8 Å². The molecule has 23 heavy (non-hydrogen) atoms. The fraction of sp³-hybridized carbons (Fsp3) is 0.579. The lowest BCUT2D eigenvalue weighted by Crippen LogP contribution is -2.13. The van der Waals surface area contributed by atoms with Crippen LogP contribution in [0.5, 0.6) is 0 Å². The van der Waals surface area contributed by atoms with Crippen molar-refractivity contribution in [3.05, 3.63) is 41.2 Å². The summed E-state index contributed by atoms with van der Waals surface area (Å²) in [5.74, 6) is 2.97. The molecule has 4 heteroatoms. The molecule has 0 aliphatic heterocycles. The van der Waals surface area contributed by atoms with Crippen molar-refractivity contribution in [3.8, 4) is 0 Å². The minimum absolute atomic E-state index is 0.812. The first kappa shape index (κ1) is 16.6. The topological polar surface area (TPSA) is 30.7 Å². The highest BCUT2D eigenvalue weighted by atomic mass is 32.2. The van der Waals surface area contributed by atoms with Crippen LogP contribution in [-0.2, 0) is 18.7 Å². The zero-order valence-corrected chi connectivity index (χ0v) is 15.1. The Morgan fingerprint density at radius 3 is 2.65 bits per heavy atom. The van der Waals surface area contributed by atoms with Crippen LogP contribution >= 0.6 is 11.8 Å². The second kappa shape index (κ2) is 8.00. The molecule has 0 amide bonds. The van der Waals surface area contributed by atoms with Gasteiger partial charge in [-0.05, 0) is 30.9 Å². The van der Waals surface area contributed by atoms with Crippen molar-refractivity contribution in [1.29, 1.82) is 0 Å². The summed E-state index contributed by atoms with van der Waals surface area (Å²) >= 11 is 1.81. The summed E-state index contributed by atoms with van der Waals surface area (Å²) in [6.45, 7) is 5.34. The molecule has 0 bridgehead atoms. The molecule has 0 radical (unpaired) electrons. The van der Waals surface area contributed by atoms with Crippen LogP contribution in [0.1, 0.15) is 56.0 Å². The average Bonchev–Trinajstić information content (AvgIpc) is 2.96. The molecule has 1 heterocycles. The van der Waals surface area contributed by atoms with Crippen molar-refractivity contribution in [2.24, 2.45) is 5.92 Å². The smallest absolute Gasteiger partial charge is 0.191 e. The number of rotatable bonds is 6. The maximum atomic E-state index is 4.51. The van der Waals surface area contributed by atoms with Gasteiger partial charge in [-0.15, -0.1) is 10.2 Å². The molecule has 1 aliphatic carbocycles. The lowest BCUT2D eigenvalue weighted by atomic mass is 9.87. The maximum Gasteiger partial charge on any atom is 0.191 e. The summed E-state index contributed by atoms with van der Waals surface area (Å²) in [4.78, 5) is 0. The molecule has 3 nitrogen and oxygen atoms in total. The van der Waals surface area contributed by atoms with Crippen LogP contribution in [0.4, 0.5) is 0 Å². The maximum absolute atomic E-state index is 4.51. The molecule has 1 saturated carbocycles. The molecule has 1 fully saturated rings. The van der Waals surface area contributed by atoms with Gasteiger partial charge >= 0.3 is 0 Å². The number of hydrogen-bond donors (Lipinski definition) is 0. The van der Waals surface area contributed by atoms with Gasteiger partial charge in [0.05, 0.1) is 0 Å². The van der Waals surface area contributed by atoms with E-state index in [0.29, 0.717) is 0 Å². The zero-order chi connectivity index (χ0) is 16.1. The van der Waals surface area contributed by atoms with Crippen molar-refractivity contribution in [1.82, 2.24) is 14.8 Å². The summed E-state index contributed by atoms with van der Waals surface area (Å²) in [5.41, 5.74) is 2.74. The van der Waals surface area contributed by atoms with Gasteiger partial charge in [0.2, 0.25) is 0 Å². The van der Waals surface area contributed by atoms with E-state index in [-0.39, 0.29) is 0 Å². The van der Waals surface area contributed by atoms with E-state index in [1.54, 1.807) is 0 Å². The van der Waals surface area contributed by atoms with Gasteiger partial charge in [0, 0.05) is 18.7 Å². The van der Waals surface area contributed by atoms with E-state index in [9.17, 15) is 0 Å². The van der Waals surface area contributed by atoms with Crippen LogP contribution in [0.25, 0.3) is 0 Å². The summed E-state index contributed by atoms with van der Waals surface area (Å²) in [5, 5.41) is 10.1. The van der Waals surface area contributed by atoms with E-state index in [4.69, 9.17) is 0 Å². The number of aryl methyl sites for hydroxylation is 1. The van der Waals surface area contributed by atoms with E-state index < -0.39 is 0 Å². The highest BCUT2D eigenvalue weighted by Crippen LogP contribution is 2.28. The fourth-order valence-electron chi connectivity index (χ4n) is 3.46. The van der Waals surface area contributed by atoms with Gasteiger partial charge in [-0.2, -0.15) is 0 Å². The van der Waals surface area contributed by atoms with Crippen LogP contribution in [0.2, 0.25) is 0 Å². The molecule has 1 aromatic carbocycles. The molecule has 1 aliphatic rings. The van der Waals surface area contributed by atoms with E-state index in [2.05, 4.69) is 52.9 Å². The van der Waals surface area contributed by atoms with Gasteiger partial charge in [0.25, 0.3) is 0 Å². The Hall–Kier alpha value is -1.29. The molecule has 0 saturated heterocycles. The normalized spacial score (nSPS) is 15.9. The minimum atomic E-state index is 0.812. The number of nitrogens with zero attached hydrogens (tertiary/aromatic N) is 3. The molecule has 0 N–H and O–H groups in total. The third-order valence-electron chi connectivity index (χ3n) is 4.92. The summed E-state index contributed by atoms with van der Waals surface area (Å²) in [7, 11) is 0. The van der Waals surface area contributed by atoms with Crippen LogP contribution in [0.3, 0.4) is 0 Å². The molecule has 124 valence electrons. The third kappa shape index (κ3) is 4.17.